The predicted molar refractivity (Wildman–Crippen MR) is 44.1 cm³/mol. The molecule has 1 heterocycles. The summed E-state index contributed by atoms with van der Waals surface area (Å²) in [6.07, 6.45) is 2.95. The minimum Gasteiger partial charge on any atom is -0.306 e. The van der Waals surface area contributed by atoms with Crippen LogP contribution in [-0.2, 0) is 0 Å². The molecule has 0 fully saturated rings. The van der Waals surface area contributed by atoms with Gasteiger partial charge >= 0.3 is 0 Å². The molecule has 0 aromatic carbocycles. The Labute approximate surface area is 66.2 Å². The largest absolute Gasteiger partial charge is 0.306 e. The Balaban J connectivity index is 0.000000810. The molecular weight excluding hydrogens is 148 g/mol. The van der Waals surface area contributed by atoms with Gasteiger partial charge in [0.2, 0.25) is 0 Å². The summed E-state index contributed by atoms with van der Waals surface area (Å²) in [5.41, 5.74) is 1.80. The molecule has 2 nitrogen and oxygen atoms in total. The summed E-state index contributed by atoms with van der Waals surface area (Å²) in [5.74, 6) is 0. The summed E-state index contributed by atoms with van der Waals surface area (Å²) in [6.45, 7) is 1.94. The topological polar surface area (TPSA) is 36.7 Å². The lowest BCUT2D eigenvalue weighted by molar-refractivity contribution is 1.24. The molecule has 0 bridgehead atoms. The predicted octanol–water partition coefficient (Wildman–Crippen LogP) is 1.81. The number of pyridine rings is 1. The highest BCUT2D eigenvalue weighted by molar-refractivity contribution is 5.85. The number of halogens is 1. The summed E-state index contributed by atoms with van der Waals surface area (Å²) < 4.78 is 0. The highest BCUT2D eigenvalue weighted by Gasteiger charge is 1.89. The monoisotopic (exact) mass is 156 g/mol. The maximum Gasteiger partial charge on any atom is 0.0834 e. The fourth-order valence-corrected chi connectivity index (χ4v) is 0.649. The van der Waals surface area contributed by atoms with E-state index in [2.05, 4.69) is 4.98 Å². The third kappa shape index (κ3) is 1.81. The third-order valence-corrected chi connectivity index (χ3v) is 1.19. The van der Waals surface area contributed by atoms with Gasteiger partial charge in [0, 0.05) is 12.4 Å². The maximum absolute atomic E-state index is 6.90. The average Bonchev–Trinajstić information content (AvgIpc) is 1.89. The van der Waals surface area contributed by atoms with Crippen LogP contribution in [0.2, 0.25) is 0 Å². The Kier molecular flexibility index (Phi) is 3.65. The molecule has 0 aliphatic heterocycles. The zero-order chi connectivity index (χ0) is 6.69. The highest BCUT2D eigenvalue weighted by Crippen LogP contribution is 1.97. The smallest absolute Gasteiger partial charge is 0.0834 e. The fraction of sp³-hybridized carbons (Fsp3) is 0.143. The second-order valence-corrected chi connectivity index (χ2v) is 1.85. The molecule has 54 valence electrons. The van der Waals surface area contributed by atoms with Crippen LogP contribution in [0.1, 0.15) is 11.3 Å². The van der Waals surface area contributed by atoms with Crippen LogP contribution in [0, 0.1) is 12.3 Å². The summed E-state index contributed by atoms with van der Waals surface area (Å²) in [5, 5.41) is 6.90. The SMILES string of the molecule is Cc1cccnc1C=N.Cl. The van der Waals surface area contributed by atoms with Crippen LogP contribution in [0.25, 0.3) is 0 Å². The van der Waals surface area contributed by atoms with Crippen LogP contribution < -0.4 is 0 Å². The molecule has 1 N–H and O–H groups in total. The van der Waals surface area contributed by atoms with Crippen LogP contribution in [0.15, 0.2) is 18.3 Å². The lowest BCUT2D eigenvalue weighted by atomic mass is 10.2. The average molecular weight is 157 g/mol. The van der Waals surface area contributed by atoms with Crippen LogP contribution >= 0.6 is 12.4 Å². The number of rotatable bonds is 1. The van der Waals surface area contributed by atoms with E-state index in [-0.39, 0.29) is 12.4 Å². The van der Waals surface area contributed by atoms with Gasteiger partial charge in [-0.15, -0.1) is 12.4 Å². The van der Waals surface area contributed by atoms with E-state index in [9.17, 15) is 0 Å². The number of hydrogen-bond acceptors (Lipinski definition) is 2. The van der Waals surface area contributed by atoms with E-state index < -0.39 is 0 Å². The van der Waals surface area contributed by atoms with Crippen molar-refractivity contribution in [2.45, 2.75) is 6.92 Å². The molecule has 10 heavy (non-hydrogen) atoms. The van der Waals surface area contributed by atoms with Crippen molar-refractivity contribution in [3.05, 3.63) is 29.6 Å². The van der Waals surface area contributed by atoms with E-state index in [0.29, 0.717) is 0 Å². The summed E-state index contributed by atoms with van der Waals surface area (Å²) in [7, 11) is 0. The standard InChI is InChI=1S/C7H8N2.ClH/c1-6-3-2-4-9-7(6)5-8;/h2-5,8H,1H3;1H. The summed E-state index contributed by atoms with van der Waals surface area (Å²) in [4.78, 5) is 3.95. The van der Waals surface area contributed by atoms with Crippen molar-refractivity contribution < 1.29 is 0 Å². The first-order valence-corrected chi connectivity index (χ1v) is 2.76. The van der Waals surface area contributed by atoms with E-state index in [1.54, 1.807) is 6.20 Å². The molecule has 0 spiro atoms. The second kappa shape index (κ2) is 4.01. The van der Waals surface area contributed by atoms with Gasteiger partial charge in [0.1, 0.15) is 0 Å². The Hall–Kier alpha value is -0.890. The first-order valence-electron chi connectivity index (χ1n) is 2.76. The molecule has 0 radical (unpaired) electrons. The first kappa shape index (κ1) is 9.11. The summed E-state index contributed by atoms with van der Waals surface area (Å²) in [6, 6.07) is 3.80. The minimum absolute atomic E-state index is 0. The number of aryl methyl sites for hydroxylation is 1. The third-order valence-electron chi connectivity index (χ3n) is 1.19. The number of nitrogens with zero attached hydrogens (tertiary/aromatic N) is 1. The van der Waals surface area contributed by atoms with Crippen molar-refractivity contribution in [2.24, 2.45) is 0 Å². The fourth-order valence-electron chi connectivity index (χ4n) is 0.649. The Bertz CT molecular complexity index is 223. The van der Waals surface area contributed by atoms with Gasteiger partial charge in [-0.1, -0.05) is 6.07 Å². The molecule has 0 saturated heterocycles. The molecule has 0 aliphatic carbocycles. The van der Waals surface area contributed by atoms with Crippen molar-refractivity contribution >= 4 is 18.6 Å². The number of hydrogen-bond donors (Lipinski definition) is 1. The molecule has 0 aliphatic rings. The van der Waals surface area contributed by atoms with Crippen molar-refractivity contribution in [2.75, 3.05) is 0 Å². The second-order valence-electron chi connectivity index (χ2n) is 1.85. The van der Waals surface area contributed by atoms with Gasteiger partial charge in [-0.05, 0) is 18.6 Å². The Morgan fingerprint density at radius 3 is 2.70 bits per heavy atom. The molecular formula is C7H9ClN2. The number of nitrogens with one attached hydrogen (secondary N) is 1. The number of aromatic nitrogens is 1. The Morgan fingerprint density at radius 1 is 1.60 bits per heavy atom. The molecule has 0 atom stereocenters. The molecule has 0 unspecified atom stereocenters. The van der Waals surface area contributed by atoms with E-state index in [0.717, 1.165) is 11.3 Å². The Morgan fingerprint density at radius 2 is 2.30 bits per heavy atom. The van der Waals surface area contributed by atoms with Gasteiger partial charge in [0.15, 0.2) is 0 Å². The molecule has 1 rings (SSSR count). The zero-order valence-electron chi connectivity index (χ0n) is 5.66. The van der Waals surface area contributed by atoms with Crippen LogP contribution in [0.3, 0.4) is 0 Å². The highest BCUT2D eigenvalue weighted by atomic mass is 35.5. The van der Waals surface area contributed by atoms with E-state index >= 15 is 0 Å². The lowest BCUT2D eigenvalue weighted by Crippen LogP contribution is -1.88. The van der Waals surface area contributed by atoms with Gasteiger partial charge in [0.25, 0.3) is 0 Å². The molecule has 1 aromatic heterocycles. The van der Waals surface area contributed by atoms with Crippen LogP contribution in [0.5, 0.6) is 0 Å². The zero-order valence-corrected chi connectivity index (χ0v) is 6.48. The molecule has 1 aromatic rings. The van der Waals surface area contributed by atoms with Gasteiger partial charge in [-0.3, -0.25) is 4.98 Å². The summed E-state index contributed by atoms with van der Waals surface area (Å²) >= 11 is 0. The van der Waals surface area contributed by atoms with Gasteiger partial charge in [0.05, 0.1) is 5.69 Å². The van der Waals surface area contributed by atoms with Crippen molar-refractivity contribution in [3.63, 3.8) is 0 Å². The van der Waals surface area contributed by atoms with Crippen molar-refractivity contribution in [1.29, 1.82) is 5.41 Å². The van der Waals surface area contributed by atoms with Crippen molar-refractivity contribution in [3.8, 4) is 0 Å². The van der Waals surface area contributed by atoms with Gasteiger partial charge in [-0.2, -0.15) is 0 Å². The normalized spacial score (nSPS) is 8.10. The molecule has 3 heteroatoms. The van der Waals surface area contributed by atoms with Gasteiger partial charge < -0.3 is 5.41 Å². The van der Waals surface area contributed by atoms with Gasteiger partial charge in [-0.25, -0.2) is 0 Å². The quantitative estimate of drug-likeness (QED) is 0.619. The van der Waals surface area contributed by atoms with Crippen molar-refractivity contribution in [1.82, 2.24) is 4.98 Å². The molecule has 0 amide bonds. The van der Waals surface area contributed by atoms with Crippen LogP contribution in [0.4, 0.5) is 0 Å². The first-order chi connectivity index (χ1) is 4.34. The van der Waals surface area contributed by atoms with E-state index in [4.69, 9.17) is 5.41 Å². The van der Waals surface area contributed by atoms with E-state index in [1.165, 1.54) is 6.21 Å². The maximum atomic E-state index is 6.90. The molecule has 0 saturated carbocycles. The van der Waals surface area contributed by atoms with Crippen LogP contribution in [-0.4, -0.2) is 11.2 Å². The minimum atomic E-state index is 0. The van der Waals surface area contributed by atoms with E-state index in [1.807, 2.05) is 19.1 Å². The lowest BCUT2D eigenvalue weighted by Gasteiger charge is -1.93.